The maximum Gasteiger partial charge on any atom is 0.319 e. The van der Waals surface area contributed by atoms with Crippen molar-refractivity contribution < 1.29 is 9.90 Å². The molecule has 1 aromatic carbocycles. The first kappa shape index (κ1) is 15.5. The van der Waals surface area contributed by atoms with Gasteiger partial charge in [-0.3, -0.25) is 0 Å². The first-order chi connectivity index (χ1) is 10.1. The number of nitrogens with one attached hydrogen (secondary N) is 2. The average molecular weight is 304 g/mol. The van der Waals surface area contributed by atoms with Gasteiger partial charge in [-0.15, -0.1) is 11.3 Å². The zero-order valence-corrected chi connectivity index (χ0v) is 13.0. The Balaban J connectivity index is 1.88. The number of aliphatic hydroxyl groups excluding tert-OH is 1. The van der Waals surface area contributed by atoms with Crippen molar-refractivity contribution in [2.24, 2.45) is 0 Å². The van der Waals surface area contributed by atoms with Crippen molar-refractivity contribution in [1.29, 1.82) is 0 Å². The molecule has 0 aliphatic rings. The van der Waals surface area contributed by atoms with Crippen molar-refractivity contribution in [1.82, 2.24) is 5.32 Å². The number of carbonyl (C=O) groups is 1. The number of rotatable bonds is 5. The zero-order chi connectivity index (χ0) is 15.2. The SMILES string of the molecule is CCc1ccc(CNC(=O)Nc2cccc(C(C)O)c2)s1. The highest BCUT2D eigenvalue weighted by atomic mass is 32.1. The molecule has 0 saturated carbocycles. The molecule has 0 saturated heterocycles. The van der Waals surface area contributed by atoms with Crippen molar-refractivity contribution in [2.75, 3.05) is 5.32 Å². The molecule has 2 rings (SSSR count). The summed E-state index contributed by atoms with van der Waals surface area (Å²) in [5.74, 6) is 0. The van der Waals surface area contributed by atoms with Crippen LogP contribution in [0.25, 0.3) is 0 Å². The number of amides is 2. The number of aliphatic hydroxyl groups is 1. The molecule has 1 heterocycles. The minimum atomic E-state index is -0.548. The third-order valence-corrected chi connectivity index (χ3v) is 4.35. The lowest BCUT2D eigenvalue weighted by Gasteiger charge is -2.09. The van der Waals surface area contributed by atoms with Crippen LogP contribution in [0, 0.1) is 0 Å². The van der Waals surface area contributed by atoms with Crippen LogP contribution in [0.5, 0.6) is 0 Å². The third kappa shape index (κ3) is 4.58. The van der Waals surface area contributed by atoms with Gasteiger partial charge in [0, 0.05) is 15.4 Å². The summed E-state index contributed by atoms with van der Waals surface area (Å²) in [4.78, 5) is 14.3. The number of hydrogen-bond donors (Lipinski definition) is 3. The molecule has 0 fully saturated rings. The predicted octanol–water partition coefficient (Wildman–Crippen LogP) is 3.69. The molecule has 1 unspecified atom stereocenters. The van der Waals surface area contributed by atoms with Crippen LogP contribution in [-0.2, 0) is 13.0 Å². The fourth-order valence-electron chi connectivity index (χ4n) is 1.93. The summed E-state index contributed by atoms with van der Waals surface area (Å²) in [5, 5.41) is 15.1. The van der Waals surface area contributed by atoms with Gasteiger partial charge in [-0.1, -0.05) is 19.1 Å². The molecule has 0 aliphatic heterocycles. The lowest BCUT2D eigenvalue weighted by atomic mass is 10.1. The fraction of sp³-hybridized carbons (Fsp3) is 0.312. The van der Waals surface area contributed by atoms with Gasteiger partial charge >= 0.3 is 6.03 Å². The number of thiophene rings is 1. The second kappa shape index (κ2) is 7.24. The molecule has 1 aromatic heterocycles. The highest BCUT2D eigenvalue weighted by molar-refractivity contribution is 7.11. The predicted molar refractivity (Wildman–Crippen MR) is 86.6 cm³/mol. The highest BCUT2D eigenvalue weighted by Crippen LogP contribution is 2.18. The van der Waals surface area contributed by atoms with Gasteiger partial charge in [0.05, 0.1) is 12.6 Å². The molecule has 0 spiro atoms. The quantitative estimate of drug-likeness (QED) is 0.789. The Labute approximate surface area is 128 Å². The van der Waals surface area contributed by atoms with E-state index in [1.807, 2.05) is 18.2 Å². The van der Waals surface area contributed by atoms with Gasteiger partial charge < -0.3 is 15.7 Å². The van der Waals surface area contributed by atoms with E-state index in [0.717, 1.165) is 16.9 Å². The normalized spacial score (nSPS) is 12.0. The van der Waals surface area contributed by atoms with Gasteiger partial charge in [0.15, 0.2) is 0 Å². The van der Waals surface area contributed by atoms with Crippen molar-refractivity contribution >= 4 is 23.1 Å². The molecule has 0 radical (unpaired) electrons. The Morgan fingerprint density at radius 3 is 2.71 bits per heavy atom. The number of anilines is 1. The van der Waals surface area contributed by atoms with Crippen LogP contribution >= 0.6 is 11.3 Å². The molecule has 5 heteroatoms. The van der Waals surface area contributed by atoms with E-state index in [-0.39, 0.29) is 6.03 Å². The maximum atomic E-state index is 11.9. The zero-order valence-electron chi connectivity index (χ0n) is 12.2. The summed E-state index contributed by atoms with van der Waals surface area (Å²) in [7, 11) is 0. The number of aryl methyl sites for hydroxylation is 1. The Kier molecular flexibility index (Phi) is 5.36. The molecular formula is C16H20N2O2S. The standard InChI is InChI=1S/C16H20N2O2S/c1-3-14-7-8-15(21-14)10-17-16(20)18-13-6-4-5-12(9-13)11(2)19/h4-9,11,19H,3,10H2,1-2H3,(H2,17,18,20). The van der Waals surface area contributed by atoms with E-state index in [1.165, 1.54) is 4.88 Å². The molecule has 112 valence electrons. The second-order valence-electron chi connectivity index (χ2n) is 4.83. The third-order valence-electron chi connectivity index (χ3n) is 3.12. The van der Waals surface area contributed by atoms with E-state index in [2.05, 4.69) is 23.6 Å². The minimum absolute atomic E-state index is 0.246. The van der Waals surface area contributed by atoms with Gasteiger partial charge in [0.25, 0.3) is 0 Å². The number of carbonyl (C=O) groups excluding carboxylic acids is 1. The summed E-state index contributed by atoms with van der Waals surface area (Å²) in [6.07, 6.45) is 0.469. The Bertz CT molecular complexity index is 608. The van der Waals surface area contributed by atoms with E-state index in [4.69, 9.17) is 0 Å². The summed E-state index contributed by atoms with van der Waals surface area (Å²) < 4.78 is 0. The Morgan fingerprint density at radius 2 is 2.05 bits per heavy atom. The molecule has 2 aromatic rings. The first-order valence-corrected chi connectivity index (χ1v) is 7.80. The van der Waals surface area contributed by atoms with Crippen molar-refractivity contribution in [2.45, 2.75) is 32.9 Å². The summed E-state index contributed by atoms with van der Waals surface area (Å²) in [6, 6.07) is 11.1. The Hall–Kier alpha value is -1.85. The first-order valence-electron chi connectivity index (χ1n) is 6.99. The number of benzene rings is 1. The molecule has 0 bridgehead atoms. The van der Waals surface area contributed by atoms with Crippen molar-refractivity contribution in [3.8, 4) is 0 Å². The smallest absolute Gasteiger partial charge is 0.319 e. The van der Waals surface area contributed by atoms with Gasteiger partial charge in [-0.05, 0) is 43.2 Å². The van der Waals surface area contributed by atoms with Gasteiger partial charge in [-0.25, -0.2) is 4.79 Å². The summed E-state index contributed by atoms with van der Waals surface area (Å²) >= 11 is 1.71. The number of urea groups is 1. The lowest BCUT2D eigenvalue weighted by Crippen LogP contribution is -2.27. The summed E-state index contributed by atoms with van der Waals surface area (Å²) in [5.41, 5.74) is 1.45. The van der Waals surface area contributed by atoms with Crippen LogP contribution in [0.4, 0.5) is 10.5 Å². The van der Waals surface area contributed by atoms with E-state index >= 15 is 0 Å². The van der Waals surface area contributed by atoms with E-state index in [0.29, 0.717) is 12.2 Å². The van der Waals surface area contributed by atoms with Crippen LogP contribution < -0.4 is 10.6 Å². The molecule has 2 amide bonds. The molecule has 4 nitrogen and oxygen atoms in total. The van der Waals surface area contributed by atoms with Gasteiger partial charge in [0.2, 0.25) is 0 Å². The van der Waals surface area contributed by atoms with Crippen LogP contribution in [-0.4, -0.2) is 11.1 Å². The van der Waals surface area contributed by atoms with E-state index < -0.39 is 6.10 Å². The lowest BCUT2D eigenvalue weighted by molar-refractivity contribution is 0.199. The van der Waals surface area contributed by atoms with E-state index in [1.54, 1.807) is 30.4 Å². The highest BCUT2D eigenvalue weighted by Gasteiger charge is 2.06. The van der Waals surface area contributed by atoms with Gasteiger partial charge in [0.1, 0.15) is 0 Å². The van der Waals surface area contributed by atoms with Crippen LogP contribution in [0.1, 0.15) is 35.3 Å². The molecule has 3 N–H and O–H groups in total. The van der Waals surface area contributed by atoms with Crippen LogP contribution in [0.15, 0.2) is 36.4 Å². The fourth-order valence-corrected chi connectivity index (χ4v) is 2.82. The molecule has 1 atom stereocenters. The maximum absolute atomic E-state index is 11.9. The molecular weight excluding hydrogens is 284 g/mol. The minimum Gasteiger partial charge on any atom is -0.389 e. The Morgan fingerprint density at radius 1 is 1.29 bits per heavy atom. The second-order valence-corrected chi connectivity index (χ2v) is 6.08. The van der Waals surface area contributed by atoms with Crippen LogP contribution in [0.3, 0.4) is 0 Å². The van der Waals surface area contributed by atoms with Crippen molar-refractivity contribution in [3.63, 3.8) is 0 Å². The summed E-state index contributed by atoms with van der Waals surface area (Å²) in [6.45, 7) is 4.33. The largest absolute Gasteiger partial charge is 0.389 e. The van der Waals surface area contributed by atoms with Crippen LogP contribution in [0.2, 0.25) is 0 Å². The topological polar surface area (TPSA) is 61.4 Å². The van der Waals surface area contributed by atoms with Crippen molar-refractivity contribution in [3.05, 3.63) is 51.7 Å². The molecule has 0 aliphatic carbocycles. The number of hydrogen-bond acceptors (Lipinski definition) is 3. The van der Waals surface area contributed by atoms with Gasteiger partial charge in [-0.2, -0.15) is 0 Å². The van der Waals surface area contributed by atoms with E-state index in [9.17, 15) is 9.90 Å². The molecule has 21 heavy (non-hydrogen) atoms. The average Bonchev–Trinajstić information content (AvgIpc) is 2.93. The monoisotopic (exact) mass is 304 g/mol.